The van der Waals surface area contributed by atoms with E-state index >= 15 is 0 Å². The summed E-state index contributed by atoms with van der Waals surface area (Å²) in [6, 6.07) is 0.241. The second-order valence-electron chi connectivity index (χ2n) is 4.74. The third kappa shape index (κ3) is 3.27. The zero-order chi connectivity index (χ0) is 12.8. The first-order valence-corrected chi connectivity index (χ1v) is 6.47. The van der Waals surface area contributed by atoms with Gasteiger partial charge < -0.3 is 15.0 Å². The molecule has 0 aromatic carbocycles. The molecule has 1 unspecified atom stereocenters. The van der Waals surface area contributed by atoms with E-state index in [1.165, 1.54) is 0 Å². The molecule has 0 aliphatic carbocycles. The number of nitrogens with one attached hydrogen (secondary N) is 1. The normalized spacial score (nSPS) is 24.7. The van der Waals surface area contributed by atoms with Crippen LogP contribution in [0.4, 0.5) is 4.79 Å². The van der Waals surface area contributed by atoms with Gasteiger partial charge in [0.05, 0.1) is 0 Å². The molecular weight excluding hydrogens is 234 g/mol. The molecule has 2 amide bonds. The average Bonchev–Trinajstić information content (AvgIpc) is 2.86. The Morgan fingerprint density at radius 1 is 1.44 bits per heavy atom. The first kappa shape index (κ1) is 13.0. The van der Waals surface area contributed by atoms with Crippen LogP contribution in [0.2, 0.25) is 0 Å². The fourth-order valence-electron chi connectivity index (χ4n) is 2.52. The third-order valence-electron chi connectivity index (χ3n) is 3.54. The van der Waals surface area contributed by atoms with Crippen LogP contribution in [0.3, 0.4) is 0 Å². The molecule has 7 heteroatoms. The van der Waals surface area contributed by atoms with Crippen molar-refractivity contribution in [3.05, 3.63) is 10.4 Å². The van der Waals surface area contributed by atoms with Crippen molar-refractivity contribution in [3.8, 4) is 0 Å². The van der Waals surface area contributed by atoms with Crippen LogP contribution in [0, 0.1) is 0 Å². The third-order valence-corrected chi connectivity index (χ3v) is 3.54. The van der Waals surface area contributed by atoms with Crippen molar-refractivity contribution in [1.29, 1.82) is 0 Å². The van der Waals surface area contributed by atoms with Gasteiger partial charge in [-0.3, -0.25) is 0 Å². The van der Waals surface area contributed by atoms with E-state index in [1.54, 1.807) is 4.90 Å². The van der Waals surface area contributed by atoms with E-state index in [0.29, 0.717) is 19.8 Å². The first-order chi connectivity index (χ1) is 8.81. The van der Waals surface area contributed by atoms with E-state index in [-0.39, 0.29) is 18.1 Å². The lowest BCUT2D eigenvalue weighted by Crippen LogP contribution is -2.48. The monoisotopic (exact) mass is 253 g/mol. The Balaban J connectivity index is 1.84. The molecule has 0 aromatic heterocycles. The van der Waals surface area contributed by atoms with Crippen molar-refractivity contribution < 1.29 is 9.53 Å². The molecule has 0 radical (unpaired) electrons. The Kier molecular flexibility index (Phi) is 4.66. The van der Waals surface area contributed by atoms with Crippen molar-refractivity contribution in [2.75, 3.05) is 26.3 Å². The number of hydrogen-bond acceptors (Lipinski definition) is 3. The summed E-state index contributed by atoms with van der Waals surface area (Å²) in [5.41, 5.74) is 8.34. The topological polar surface area (TPSA) is 90.3 Å². The van der Waals surface area contributed by atoms with Gasteiger partial charge >= 0.3 is 6.03 Å². The summed E-state index contributed by atoms with van der Waals surface area (Å²) in [5, 5.41) is 6.61. The summed E-state index contributed by atoms with van der Waals surface area (Å²) in [4.78, 5) is 16.7. The van der Waals surface area contributed by atoms with Crippen LogP contribution >= 0.6 is 0 Å². The summed E-state index contributed by atoms with van der Waals surface area (Å²) in [6.45, 7) is 2.55. The van der Waals surface area contributed by atoms with E-state index in [1.807, 2.05) is 0 Å². The van der Waals surface area contributed by atoms with Gasteiger partial charge in [0.25, 0.3) is 0 Å². The number of urea groups is 1. The second kappa shape index (κ2) is 6.47. The van der Waals surface area contributed by atoms with Gasteiger partial charge in [-0.2, -0.15) is 0 Å². The Morgan fingerprint density at radius 3 is 2.94 bits per heavy atom. The van der Waals surface area contributed by atoms with Crippen LogP contribution in [-0.2, 0) is 4.74 Å². The number of azide groups is 1. The molecule has 0 bridgehead atoms. The molecule has 0 spiro atoms. The van der Waals surface area contributed by atoms with Crippen LogP contribution in [0.15, 0.2) is 5.11 Å². The molecular formula is C11H19N5O2. The van der Waals surface area contributed by atoms with Crippen molar-refractivity contribution in [2.24, 2.45) is 5.11 Å². The maximum atomic E-state index is 12.1. The lowest BCUT2D eigenvalue weighted by Gasteiger charge is -2.29. The van der Waals surface area contributed by atoms with E-state index in [2.05, 4.69) is 15.3 Å². The molecule has 18 heavy (non-hydrogen) atoms. The molecule has 1 atom stereocenters. The Labute approximate surface area is 106 Å². The molecule has 2 rings (SSSR count). The summed E-state index contributed by atoms with van der Waals surface area (Å²) in [7, 11) is 0. The minimum absolute atomic E-state index is 0.0301. The maximum absolute atomic E-state index is 12.1. The standard InChI is InChI=1S/C11H19N5O2/c12-15-13-8-10-2-1-5-16(10)11(17)14-9-3-6-18-7-4-9/h9-10H,1-8H2,(H,14,17). The smallest absolute Gasteiger partial charge is 0.317 e. The molecule has 2 aliphatic heterocycles. The lowest BCUT2D eigenvalue weighted by molar-refractivity contribution is 0.0779. The summed E-state index contributed by atoms with van der Waals surface area (Å²) in [6.07, 6.45) is 3.65. The highest BCUT2D eigenvalue weighted by Gasteiger charge is 2.29. The number of ether oxygens (including phenoxy) is 1. The number of amides is 2. The molecule has 0 saturated carbocycles. The molecule has 100 valence electrons. The molecule has 2 heterocycles. The van der Waals surface area contributed by atoms with E-state index < -0.39 is 0 Å². The zero-order valence-electron chi connectivity index (χ0n) is 10.4. The molecule has 7 nitrogen and oxygen atoms in total. The maximum Gasteiger partial charge on any atom is 0.317 e. The molecule has 2 aliphatic rings. The molecule has 1 N–H and O–H groups in total. The van der Waals surface area contributed by atoms with Crippen LogP contribution in [0.25, 0.3) is 10.4 Å². The zero-order valence-corrected chi connectivity index (χ0v) is 10.4. The minimum atomic E-state index is -0.0301. The SMILES string of the molecule is [N-]=[N+]=NCC1CCCN1C(=O)NC1CCOCC1. The predicted molar refractivity (Wildman–Crippen MR) is 66.1 cm³/mol. The molecule has 0 aromatic rings. The van der Waals surface area contributed by atoms with Gasteiger partial charge in [-0.25, -0.2) is 4.79 Å². The van der Waals surface area contributed by atoms with Gasteiger partial charge in [0.1, 0.15) is 0 Å². The van der Waals surface area contributed by atoms with E-state index in [4.69, 9.17) is 10.3 Å². The number of rotatable bonds is 3. The number of hydrogen-bond donors (Lipinski definition) is 1. The van der Waals surface area contributed by atoms with Crippen molar-refractivity contribution >= 4 is 6.03 Å². The largest absolute Gasteiger partial charge is 0.381 e. The van der Waals surface area contributed by atoms with Crippen molar-refractivity contribution in [3.63, 3.8) is 0 Å². The van der Waals surface area contributed by atoms with Gasteiger partial charge in [-0.05, 0) is 31.2 Å². The fraction of sp³-hybridized carbons (Fsp3) is 0.909. The van der Waals surface area contributed by atoms with Crippen LogP contribution in [0.1, 0.15) is 25.7 Å². The Bertz CT molecular complexity index is 336. The summed E-state index contributed by atoms with van der Waals surface area (Å²) < 4.78 is 5.26. The van der Waals surface area contributed by atoms with Crippen molar-refractivity contribution in [1.82, 2.24) is 10.2 Å². The molecule has 2 saturated heterocycles. The van der Waals surface area contributed by atoms with Crippen LogP contribution < -0.4 is 5.32 Å². The fourth-order valence-corrected chi connectivity index (χ4v) is 2.52. The van der Waals surface area contributed by atoms with Gasteiger partial charge in [-0.15, -0.1) is 0 Å². The first-order valence-electron chi connectivity index (χ1n) is 6.47. The average molecular weight is 253 g/mol. The Hall–Kier alpha value is -1.46. The quantitative estimate of drug-likeness (QED) is 0.470. The number of likely N-dealkylation sites (tertiary alicyclic amines) is 1. The number of carbonyl (C=O) groups excluding carboxylic acids is 1. The molecule has 2 fully saturated rings. The van der Waals surface area contributed by atoms with E-state index in [0.717, 1.165) is 32.2 Å². The van der Waals surface area contributed by atoms with Crippen LogP contribution in [-0.4, -0.2) is 49.3 Å². The number of nitrogens with zero attached hydrogens (tertiary/aromatic N) is 4. The highest BCUT2D eigenvalue weighted by Crippen LogP contribution is 2.18. The second-order valence-corrected chi connectivity index (χ2v) is 4.74. The minimum Gasteiger partial charge on any atom is -0.381 e. The van der Waals surface area contributed by atoms with Gasteiger partial charge in [0, 0.05) is 43.3 Å². The lowest BCUT2D eigenvalue weighted by atomic mass is 10.1. The van der Waals surface area contributed by atoms with Crippen LogP contribution in [0.5, 0.6) is 0 Å². The summed E-state index contributed by atoms with van der Waals surface area (Å²) in [5.74, 6) is 0. The number of carbonyl (C=O) groups is 1. The predicted octanol–water partition coefficient (Wildman–Crippen LogP) is 1.65. The Morgan fingerprint density at radius 2 is 2.22 bits per heavy atom. The van der Waals surface area contributed by atoms with Gasteiger partial charge in [-0.1, -0.05) is 5.11 Å². The highest BCUT2D eigenvalue weighted by atomic mass is 16.5. The highest BCUT2D eigenvalue weighted by molar-refractivity contribution is 5.75. The van der Waals surface area contributed by atoms with Gasteiger partial charge in [0.15, 0.2) is 0 Å². The summed E-state index contributed by atoms with van der Waals surface area (Å²) >= 11 is 0. The van der Waals surface area contributed by atoms with Gasteiger partial charge in [0.2, 0.25) is 0 Å². The van der Waals surface area contributed by atoms with E-state index in [9.17, 15) is 4.79 Å². The van der Waals surface area contributed by atoms with Crippen molar-refractivity contribution in [2.45, 2.75) is 37.8 Å².